The smallest absolute Gasteiger partial charge is 0.328 e. The monoisotopic (exact) mass is 507 g/mol. The van der Waals surface area contributed by atoms with Crippen molar-refractivity contribution in [2.75, 3.05) is 13.7 Å². The molecule has 0 aliphatic carbocycles. The first kappa shape index (κ1) is 25.2. The number of hydrogen-bond acceptors (Lipinski definition) is 6. The minimum atomic E-state index is -3.97. The molecule has 0 spiro atoms. The summed E-state index contributed by atoms with van der Waals surface area (Å²) in [5.74, 6) is 1.47. The first-order valence-electron chi connectivity index (χ1n) is 11.6. The Bertz CT molecular complexity index is 1490. The molecule has 0 unspecified atom stereocenters. The van der Waals surface area contributed by atoms with Gasteiger partial charge >= 0.3 is 6.03 Å². The van der Waals surface area contributed by atoms with Gasteiger partial charge in [0.15, 0.2) is 5.65 Å². The van der Waals surface area contributed by atoms with Crippen LogP contribution < -0.4 is 14.8 Å². The van der Waals surface area contributed by atoms with Crippen LogP contribution in [0.5, 0.6) is 5.75 Å². The Morgan fingerprint density at radius 3 is 2.36 bits per heavy atom. The molecule has 0 radical (unpaired) electrons. The molecule has 2 amide bonds. The van der Waals surface area contributed by atoms with Crippen molar-refractivity contribution in [3.63, 3.8) is 0 Å². The Kier molecular flexibility index (Phi) is 7.25. The number of sulfonamides is 1. The molecular weight excluding hydrogens is 478 g/mol. The van der Waals surface area contributed by atoms with Crippen molar-refractivity contribution in [3.8, 4) is 11.4 Å². The molecule has 2 N–H and O–H groups in total. The third kappa shape index (κ3) is 5.33. The maximum atomic E-state index is 12.4. The number of carbonyl (C=O) groups excluding carboxylic acids is 1. The highest BCUT2D eigenvalue weighted by atomic mass is 32.2. The van der Waals surface area contributed by atoms with E-state index in [-0.39, 0.29) is 11.4 Å². The number of nitrogens with zero attached hydrogens (tertiary/aromatic N) is 3. The zero-order valence-electron chi connectivity index (χ0n) is 20.7. The number of rotatable bonds is 8. The Morgan fingerprint density at radius 1 is 1.03 bits per heavy atom. The molecule has 0 aliphatic rings. The molecule has 188 valence electrons. The van der Waals surface area contributed by atoms with Crippen molar-refractivity contribution < 1.29 is 17.9 Å². The second-order valence-electron chi connectivity index (χ2n) is 8.42. The van der Waals surface area contributed by atoms with Gasteiger partial charge in [-0.05, 0) is 73.9 Å². The quantitative estimate of drug-likeness (QED) is 0.374. The number of fused-ring (bicyclic) bond motifs is 1. The number of hydrogen-bond donors (Lipinski definition) is 2. The molecule has 0 aliphatic heterocycles. The van der Waals surface area contributed by atoms with Crippen LogP contribution in [-0.4, -0.2) is 42.6 Å². The van der Waals surface area contributed by atoms with Gasteiger partial charge in [-0.15, -0.1) is 0 Å². The van der Waals surface area contributed by atoms with Crippen LogP contribution in [0.3, 0.4) is 0 Å². The third-order valence-electron chi connectivity index (χ3n) is 5.81. The number of pyridine rings is 1. The molecule has 2 aromatic heterocycles. The van der Waals surface area contributed by atoms with Crippen LogP contribution in [0.1, 0.15) is 29.6 Å². The van der Waals surface area contributed by atoms with Crippen LogP contribution in [0.25, 0.3) is 16.9 Å². The van der Waals surface area contributed by atoms with Crippen LogP contribution in [0.2, 0.25) is 0 Å². The Hall–Kier alpha value is -3.92. The van der Waals surface area contributed by atoms with E-state index in [1.807, 2.05) is 48.9 Å². The molecule has 2 aromatic carbocycles. The van der Waals surface area contributed by atoms with Crippen LogP contribution in [-0.2, 0) is 22.9 Å². The number of ether oxygens (including phenoxy) is 1. The molecule has 0 saturated heterocycles. The summed E-state index contributed by atoms with van der Waals surface area (Å²) in [7, 11) is -2.48. The summed E-state index contributed by atoms with van der Waals surface area (Å²) in [6.45, 7) is 6.36. The molecule has 10 heteroatoms. The van der Waals surface area contributed by atoms with Gasteiger partial charge in [-0.25, -0.2) is 27.9 Å². The normalized spacial score (nSPS) is 11.4. The number of carbonyl (C=O) groups is 1. The van der Waals surface area contributed by atoms with E-state index in [0.717, 1.165) is 45.9 Å². The average molecular weight is 508 g/mol. The lowest BCUT2D eigenvalue weighted by molar-refractivity contribution is 0.246. The molecule has 0 fully saturated rings. The fourth-order valence-corrected chi connectivity index (χ4v) is 4.95. The molecule has 0 atom stereocenters. The van der Waals surface area contributed by atoms with E-state index < -0.39 is 16.1 Å². The molecule has 4 aromatic rings. The van der Waals surface area contributed by atoms with Crippen molar-refractivity contribution in [2.24, 2.45) is 0 Å². The first-order valence-corrected chi connectivity index (χ1v) is 13.1. The number of aryl methyl sites for hydroxylation is 3. The number of aromatic nitrogens is 3. The molecule has 0 bridgehead atoms. The second-order valence-corrected chi connectivity index (χ2v) is 10.1. The lowest BCUT2D eigenvalue weighted by atomic mass is 10.1. The van der Waals surface area contributed by atoms with Crippen LogP contribution in [0.15, 0.2) is 59.5 Å². The van der Waals surface area contributed by atoms with E-state index in [2.05, 4.69) is 16.8 Å². The highest BCUT2D eigenvalue weighted by molar-refractivity contribution is 7.90. The largest absolute Gasteiger partial charge is 0.497 e. The topological polar surface area (TPSA) is 115 Å². The van der Waals surface area contributed by atoms with Gasteiger partial charge < -0.3 is 10.1 Å². The van der Waals surface area contributed by atoms with E-state index in [1.54, 1.807) is 0 Å². The lowest BCUT2D eigenvalue weighted by Gasteiger charge is -2.11. The number of nitrogens with one attached hydrogen (secondary N) is 2. The van der Waals surface area contributed by atoms with Gasteiger partial charge in [0.05, 0.1) is 12.0 Å². The highest BCUT2D eigenvalue weighted by Gasteiger charge is 2.18. The van der Waals surface area contributed by atoms with Crippen molar-refractivity contribution in [2.45, 2.75) is 38.5 Å². The van der Waals surface area contributed by atoms with E-state index in [4.69, 9.17) is 14.7 Å². The summed E-state index contributed by atoms with van der Waals surface area (Å²) in [4.78, 5) is 21.7. The predicted molar refractivity (Wildman–Crippen MR) is 138 cm³/mol. The second kappa shape index (κ2) is 10.4. The summed E-state index contributed by atoms with van der Waals surface area (Å²) in [5, 5.41) is 2.60. The van der Waals surface area contributed by atoms with Crippen molar-refractivity contribution >= 4 is 27.2 Å². The zero-order valence-corrected chi connectivity index (χ0v) is 21.5. The van der Waals surface area contributed by atoms with E-state index in [1.165, 1.54) is 31.4 Å². The van der Waals surface area contributed by atoms with Crippen LogP contribution in [0, 0.1) is 13.8 Å². The van der Waals surface area contributed by atoms with Crippen molar-refractivity contribution in [3.05, 3.63) is 77.2 Å². The van der Waals surface area contributed by atoms with Crippen molar-refractivity contribution in [1.82, 2.24) is 24.6 Å². The number of urea groups is 1. The maximum absolute atomic E-state index is 12.4. The first-order chi connectivity index (χ1) is 17.2. The Balaban J connectivity index is 1.39. The summed E-state index contributed by atoms with van der Waals surface area (Å²) < 4.78 is 33.9. The van der Waals surface area contributed by atoms with E-state index in [0.29, 0.717) is 12.2 Å². The molecule has 36 heavy (non-hydrogen) atoms. The number of amides is 2. The predicted octanol–water partition coefficient (Wildman–Crippen LogP) is 3.84. The SMILES string of the molecule is CCc1nc2c(C)cc(C)nc2n1-c1ccc(CCNC(=O)NS(=O)(=O)c2ccc(OC)cc2)cc1. The lowest BCUT2D eigenvalue weighted by Crippen LogP contribution is -2.40. The summed E-state index contributed by atoms with van der Waals surface area (Å²) in [6.07, 6.45) is 1.31. The molecule has 4 rings (SSSR count). The molecule has 9 nitrogen and oxygen atoms in total. The van der Waals surface area contributed by atoms with Gasteiger partial charge in [-0.3, -0.25) is 4.57 Å². The standard InChI is InChI=1S/C26H29N5O4S/c1-5-23-29-24-17(2)16-18(3)28-25(24)31(23)20-8-6-19(7-9-20)14-15-27-26(32)30-36(33,34)22-12-10-21(35-4)11-13-22/h6-13,16H,5,14-15H2,1-4H3,(H2,27,30,32). The summed E-state index contributed by atoms with van der Waals surface area (Å²) in [5.41, 5.74) is 5.75. The average Bonchev–Trinajstić information content (AvgIpc) is 3.23. The van der Waals surface area contributed by atoms with Gasteiger partial charge in [-0.1, -0.05) is 19.1 Å². The molecular formula is C26H29N5O4S. The van der Waals surface area contributed by atoms with E-state index in [9.17, 15) is 13.2 Å². The minimum Gasteiger partial charge on any atom is -0.497 e. The van der Waals surface area contributed by atoms with Gasteiger partial charge in [0, 0.05) is 24.3 Å². The number of methoxy groups -OCH3 is 1. The van der Waals surface area contributed by atoms with Crippen LogP contribution in [0.4, 0.5) is 4.79 Å². The fourth-order valence-electron chi connectivity index (χ4n) is 4.02. The zero-order chi connectivity index (χ0) is 25.9. The van der Waals surface area contributed by atoms with Gasteiger partial charge in [0.25, 0.3) is 10.0 Å². The maximum Gasteiger partial charge on any atom is 0.328 e. The Morgan fingerprint density at radius 2 is 1.72 bits per heavy atom. The van der Waals surface area contributed by atoms with Gasteiger partial charge in [0.2, 0.25) is 0 Å². The molecule has 2 heterocycles. The van der Waals surface area contributed by atoms with E-state index >= 15 is 0 Å². The summed E-state index contributed by atoms with van der Waals surface area (Å²) >= 11 is 0. The minimum absolute atomic E-state index is 0.0209. The fraction of sp³-hybridized carbons (Fsp3) is 0.269. The van der Waals surface area contributed by atoms with Gasteiger partial charge in [0.1, 0.15) is 17.1 Å². The number of imidazole rings is 1. The number of benzene rings is 2. The van der Waals surface area contributed by atoms with Gasteiger partial charge in [-0.2, -0.15) is 0 Å². The van der Waals surface area contributed by atoms with Crippen LogP contribution >= 0.6 is 0 Å². The Labute approximate surface area is 210 Å². The third-order valence-corrected chi connectivity index (χ3v) is 7.16. The van der Waals surface area contributed by atoms with Crippen molar-refractivity contribution in [1.29, 1.82) is 0 Å². The highest BCUT2D eigenvalue weighted by Crippen LogP contribution is 2.24. The summed E-state index contributed by atoms with van der Waals surface area (Å²) in [6, 6.07) is 15.0. The molecule has 0 saturated carbocycles.